The second-order valence-corrected chi connectivity index (χ2v) is 5.00. The molecule has 0 saturated heterocycles. The molecule has 1 atom stereocenters. The van der Waals surface area contributed by atoms with E-state index in [0.29, 0.717) is 0 Å². The lowest BCUT2D eigenvalue weighted by Gasteiger charge is -2.20. The van der Waals surface area contributed by atoms with Crippen molar-refractivity contribution < 1.29 is 13.2 Å². The summed E-state index contributed by atoms with van der Waals surface area (Å²) in [4.78, 5) is 0. The number of hydrogen-bond donors (Lipinski definition) is 0. The van der Waals surface area contributed by atoms with Gasteiger partial charge in [-0.2, -0.15) is 13.2 Å². The first kappa shape index (κ1) is 12.3. The SMILES string of the molecule is FC(F)(F)C1CC1(c1ccccc1)c1ccccc1. The fraction of sp³-hybridized carbons (Fsp3) is 0.250. The average molecular weight is 262 g/mol. The summed E-state index contributed by atoms with van der Waals surface area (Å²) >= 11 is 0. The van der Waals surface area contributed by atoms with Gasteiger partial charge in [0.05, 0.1) is 5.92 Å². The van der Waals surface area contributed by atoms with Crippen LogP contribution in [0.15, 0.2) is 60.7 Å². The highest BCUT2D eigenvalue weighted by Crippen LogP contribution is 2.64. The molecule has 1 aliphatic rings. The van der Waals surface area contributed by atoms with E-state index in [-0.39, 0.29) is 6.42 Å². The number of hydrogen-bond acceptors (Lipinski definition) is 0. The van der Waals surface area contributed by atoms with Crippen molar-refractivity contribution in [2.75, 3.05) is 0 Å². The largest absolute Gasteiger partial charge is 0.393 e. The van der Waals surface area contributed by atoms with Crippen LogP contribution in [0.2, 0.25) is 0 Å². The van der Waals surface area contributed by atoms with Gasteiger partial charge in [0.25, 0.3) is 0 Å². The van der Waals surface area contributed by atoms with Gasteiger partial charge in [0, 0.05) is 5.41 Å². The number of halogens is 3. The van der Waals surface area contributed by atoms with Crippen LogP contribution in [-0.4, -0.2) is 6.18 Å². The van der Waals surface area contributed by atoms with Crippen LogP contribution in [0.25, 0.3) is 0 Å². The molecule has 0 N–H and O–H groups in total. The molecule has 2 aromatic carbocycles. The van der Waals surface area contributed by atoms with Gasteiger partial charge in [0.1, 0.15) is 0 Å². The zero-order chi connectivity index (χ0) is 13.5. The van der Waals surface area contributed by atoms with Crippen molar-refractivity contribution in [3.05, 3.63) is 71.8 Å². The lowest BCUT2D eigenvalue weighted by molar-refractivity contribution is -0.151. The Hall–Kier alpha value is -1.77. The van der Waals surface area contributed by atoms with Crippen LogP contribution in [0, 0.1) is 5.92 Å². The Morgan fingerprint density at radius 2 is 1.21 bits per heavy atom. The minimum atomic E-state index is -4.15. The normalized spacial score (nSPS) is 21.1. The fourth-order valence-corrected chi connectivity index (χ4v) is 2.93. The van der Waals surface area contributed by atoms with Gasteiger partial charge in [-0.1, -0.05) is 60.7 Å². The van der Waals surface area contributed by atoms with Crippen molar-refractivity contribution >= 4 is 0 Å². The molecule has 3 rings (SSSR count). The number of rotatable bonds is 2. The van der Waals surface area contributed by atoms with Crippen LogP contribution < -0.4 is 0 Å². The first-order chi connectivity index (χ1) is 9.05. The molecule has 98 valence electrons. The van der Waals surface area contributed by atoms with Crippen LogP contribution >= 0.6 is 0 Å². The summed E-state index contributed by atoms with van der Waals surface area (Å²) in [6, 6.07) is 18.0. The van der Waals surface area contributed by atoms with Gasteiger partial charge in [0.15, 0.2) is 0 Å². The predicted molar refractivity (Wildman–Crippen MR) is 67.8 cm³/mol. The molecule has 3 heteroatoms. The first-order valence-electron chi connectivity index (χ1n) is 6.23. The summed E-state index contributed by atoms with van der Waals surface area (Å²) in [5, 5.41) is 0. The molecule has 0 heterocycles. The van der Waals surface area contributed by atoms with E-state index in [9.17, 15) is 13.2 Å². The number of alkyl halides is 3. The Morgan fingerprint density at radius 3 is 1.53 bits per heavy atom. The monoisotopic (exact) mass is 262 g/mol. The Labute approximate surface area is 109 Å². The maximum atomic E-state index is 13.1. The molecule has 0 aromatic heterocycles. The molecule has 0 radical (unpaired) electrons. The molecular formula is C16H13F3. The standard InChI is InChI=1S/C16H13F3/c17-16(18,19)14-11-15(14,12-7-3-1-4-8-12)13-9-5-2-6-10-13/h1-10,14H,11H2. The van der Waals surface area contributed by atoms with Crippen LogP contribution in [-0.2, 0) is 5.41 Å². The zero-order valence-corrected chi connectivity index (χ0v) is 10.2. The highest BCUT2D eigenvalue weighted by atomic mass is 19.4. The molecule has 1 aliphatic carbocycles. The third kappa shape index (κ3) is 1.93. The van der Waals surface area contributed by atoms with Gasteiger partial charge in [-0.05, 0) is 17.5 Å². The highest BCUT2D eigenvalue weighted by molar-refractivity contribution is 5.47. The summed E-state index contributed by atoms with van der Waals surface area (Å²) in [5.41, 5.74) is 0.618. The quantitative estimate of drug-likeness (QED) is 0.744. The molecular weight excluding hydrogens is 249 g/mol. The Balaban J connectivity index is 2.10. The van der Waals surface area contributed by atoms with Gasteiger partial charge in [-0.15, -0.1) is 0 Å². The van der Waals surface area contributed by atoms with Crippen LogP contribution in [0.4, 0.5) is 13.2 Å². The van der Waals surface area contributed by atoms with Gasteiger partial charge >= 0.3 is 6.18 Å². The molecule has 1 unspecified atom stereocenters. The van der Waals surface area contributed by atoms with E-state index in [0.717, 1.165) is 11.1 Å². The van der Waals surface area contributed by atoms with E-state index in [1.54, 1.807) is 48.5 Å². The van der Waals surface area contributed by atoms with E-state index in [2.05, 4.69) is 0 Å². The Morgan fingerprint density at radius 1 is 0.789 bits per heavy atom. The van der Waals surface area contributed by atoms with Gasteiger partial charge in [-0.25, -0.2) is 0 Å². The van der Waals surface area contributed by atoms with Crippen molar-refractivity contribution in [1.82, 2.24) is 0 Å². The van der Waals surface area contributed by atoms with Crippen LogP contribution in [0.1, 0.15) is 17.5 Å². The maximum absolute atomic E-state index is 13.1. The lowest BCUT2D eigenvalue weighted by Crippen LogP contribution is -2.22. The van der Waals surface area contributed by atoms with Gasteiger partial charge < -0.3 is 0 Å². The maximum Gasteiger partial charge on any atom is 0.393 e. The molecule has 0 spiro atoms. The molecule has 19 heavy (non-hydrogen) atoms. The average Bonchev–Trinajstić information content (AvgIpc) is 3.18. The van der Waals surface area contributed by atoms with Gasteiger partial charge in [-0.3, -0.25) is 0 Å². The van der Waals surface area contributed by atoms with Crippen molar-refractivity contribution in [1.29, 1.82) is 0 Å². The fourth-order valence-electron chi connectivity index (χ4n) is 2.93. The second-order valence-electron chi connectivity index (χ2n) is 5.00. The van der Waals surface area contributed by atoms with Gasteiger partial charge in [0.2, 0.25) is 0 Å². The minimum absolute atomic E-state index is 0.143. The Kier molecular flexibility index (Phi) is 2.66. The van der Waals surface area contributed by atoms with Crippen LogP contribution in [0.3, 0.4) is 0 Å². The summed E-state index contributed by atoms with van der Waals surface area (Å²) < 4.78 is 39.3. The summed E-state index contributed by atoms with van der Waals surface area (Å²) in [6.07, 6.45) is -4.00. The second kappa shape index (κ2) is 4.12. The topological polar surface area (TPSA) is 0 Å². The summed E-state index contributed by atoms with van der Waals surface area (Å²) in [5.74, 6) is -1.27. The number of benzene rings is 2. The van der Waals surface area contributed by atoms with E-state index >= 15 is 0 Å². The van der Waals surface area contributed by atoms with Crippen molar-refractivity contribution in [2.24, 2.45) is 5.92 Å². The molecule has 1 saturated carbocycles. The summed E-state index contributed by atoms with van der Waals surface area (Å²) in [7, 11) is 0. The highest BCUT2D eigenvalue weighted by Gasteiger charge is 2.67. The minimum Gasteiger partial charge on any atom is -0.171 e. The predicted octanol–water partition coefficient (Wildman–Crippen LogP) is 4.55. The summed E-state index contributed by atoms with van der Waals surface area (Å²) in [6.45, 7) is 0. The molecule has 2 aromatic rings. The first-order valence-corrected chi connectivity index (χ1v) is 6.23. The third-order valence-electron chi connectivity index (χ3n) is 3.93. The Bertz CT molecular complexity index is 518. The van der Waals surface area contributed by atoms with E-state index in [1.807, 2.05) is 12.1 Å². The smallest absolute Gasteiger partial charge is 0.171 e. The van der Waals surface area contributed by atoms with Crippen molar-refractivity contribution in [2.45, 2.75) is 18.0 Å². The molecule has 0 nitrogen and oxygen atoms in total. The van der Waals surface area contributed by atoms with E-state index in [1.165, 1.54) is 0 Å². The molecule has 1 fully saturated rings. The van der Waals surface area contributed by atoms with E-state index in [4.69, 9.17) is 0 Å². The molecule has 0 bridgehead atoms. The van der Waals surface area contributed by atoms with Crippen molar-refractivity contribution in [3.63, 3.8) is 0 Å². The van der Waals surface area contributed by atoms with Crippen LogP contribution in [0.5, 0.6) is 0 Å². The zero-order valence-electron chi connectivity index (χ0n) is 10.2. The molecule has 0 aliphatic heterocycles. The van der Waals surface area contributed by atoms with Crippen molar-refractivity contribution in [3.8, 4) is 0 Å². The lowest BCUT2D eigenvalue weighted by atomic mass is 9.85. The van der Waals surface area contributed by atoms with E-state index < -0.39 is 17.5 Å². The third-order valence-corrected chi connectivity index (χ3v) is 3.93. The molecule has 0 amide bonds.